The van der Waals surface area contributed by atoms with Crippen LogP contribution in [-0.4, -0.2) is 42.5 Å². The Morgan fingerprint density at radius 2 is 2.05 bits per heavy atom. The Bertz CT molecular complexity index is 490. The number of likely N-dealkylation sites (tertiary alicyclic amines) is 1. The molecule has 0 aromatic heterocycles. The summed E-state index contributed by atoms with van der Waals surface area (Å²) in [6, 6.07) is 5.24. The van der Waals surface area contributed by atoms with E-state index in [0.717, 1.165) is 6.42 Å². The highest BCUT2D eigenvalue weighted by Crippen LogP contribution is 2.14. The summed E-state index contributed by atoms with van der Waals surface area (Å²) in [7, 11) is 0. The molecule has 108 valence electrons. The van der Waals surface area contributed by atoms with Gasteiger partial charge in [-0.15, -0.1) is 0 Å². The van der Waals surface area contributed by atoms with Crippen molar-refractivity contribution in [1.82, 2.24) is 15.5 Å². The number of hydrogen-bond donors (Lipinski definition) is 2. The largest absolute Gasteiger partial charge is 0.338 e. The summed E-state index contributed by atoms with van der Waals surface area (Å²) in [5.74, 6) is -0.496. The number of halogens is 1. The lowest BCUT2D eigenvalue weighted by Gasteiger charge is -2.17. The van der Waals surface area contributed by atoms with E-state index in [1.165, 1.54) is 24.3 Å². The second-order valence-electron chi connectivity index (χ2n) is 4.75. The van der Waals surface area contributed by atoms with E-state index in [0.29, 0.717) is 25.2 Å². The van der Waals surface area contributed by atoms with Gasteiger partial charge in [-0.3, -0.25) is 4.79 Å². The normalized spacial score (nSPS) is 17.9. The zero-order valence-corrected chi connectivity index (χ0v) is 11.4. The van der Waals surface area contributed by atoms with Crippen LogP contribution in [0.15, 0.2) is 24.3 Å². The van der Waals surface area contributed by atoms with Gasteiger partial charge in [0.15, 0.2) is 0 Å². The van der Waals surface area contributed by atoms with Crippen molar-refractivity contribution in [1.29, 1.82) is 0 Å². The van der Waals surface area contributed by atoms with Crippen LogP contribution in [0, 0.1) is 5.82 Å². The van der Waals surface area contributed by atoms with E-state index < -0.39 is 0 Å². The highest BCUT2D eigenvalue weighted by atomic mass is 19.1. The fourth-order valence-electron chi connectivity index (χ4n) is 2.23. The van der Waals surface area contributed by atoms with Crippen LogP contribution in [0.2, 0.25) is 0 Å². The Hall–Kier alpha value is -2.11. The first-order valence-corrected chi connectivity index (χ1v) is 6.69. The number of urea groups is 1. The molecule has 1 aromatic rings. The van der Waals surface area contributed by atoms with Gasteiger partial charge < -0.3 is 15.5 Å². The number of rotatable bonds is 3. The van der Waals surface area contributed by atoms with E-state index in [-0.39, 0.29) is 23.8 Å². The molecule has 3 amide bonds. The Balaban J connectivity index is 1.90. The average Bonchev–Trinajstić information content (AvgIpc) is 2.87. The van der Waals surface area contributed by atoms with E-state index in [4.69, 9.17) is 0 Å². The van der Waals surface area contributed by atoms with Crippen molar-refractivity contribution in [3.63, 3.8) is 0 Å². The molecule has 5 nitrogen and oxygen atoms in total. The van der Waals surface area contributed by atoms with Gasteiger partial charge in [-0.25, -0.2) is 9.18 Å². The number of hydrogen-bond acceptors (Lipinski definition) is 2. The maximum absolute atomic E-state index is 12.8. The molecule has 0 bridgehead atoms. The molecule has 1 aliphatic rings. The fraction of sp³-hybridized carbons (Fsp3) is 0.429. The minimum absolute atomic E-state index is 0.0362. The maximum atomic E-state index is 12.8. The molecular weight excluding hydrogens is 261 g/mol. The van der Waals surface area contributed by atoms with Crippen LogP contribution < -0.4 is 10.6 Å². The molecule has 0 saturated carbocycles. The summed E-state index contributed by atoms with van der Waals surface area (Å²) in [5.41, 5.74) is 0.463. The van der Waals surface area contributed by atoms with Crippen LogP contribution in [-0.2, 0) is 0 Å². The van der Waals surface area contributed by atoms with Crippen LogP contribution in [0.1, 0.15) is 23.7 Å². The minimum atomic E-state index is -0.362. The first-order valence-electron chi connectivity index (χ1n) is 6.69. The van der Waals surface area contributed by atoms with E-state index in [9.17, 15) is 14.0 Å². The third-order valence-electron chi connectivity index (χ3n) is 3.24. The maximum Gasteiger partial charge on any atom is 0.315 e. The van der Waals surface area contributed by atoms with E-state index >= 15 is 0 Å². The van der Waals surface area contributed by atoms with Crippen molar-refractivity contribution in [2.24, 2.45) is 0 Å². The molecule has 1 atom stereocenters. The summed E-state index contributed by atoms with van der Waals surface area (Å²) >= 11 is 0. The Labute approximate surface area is 117 Å². The number of nitrogens with zero attached hydrogens (tertiary/aromatic N) is 1. The van der Waals surface area contributed by atoms with Crippen molar-refractivity contribution in [3.8, 4) is 0 Å². The summed E-state index contributed by atoms with van der Waals surface area (Å²) in [4.78, 5) is 25.3. The standard InChI is InChI=1S/C14H18FN3O2/c1-2-16-14(20)17-12-7-8-18(9-12)13(19)10-3-5-11(15)6-4-10/h3-6,12H,2,7-9H2,1H3,(H2,16,17,20)/t12-/m1/s1. The van der Waals surface area contributed by atoms with E-state index in [1.54, 1.807) is 4.90 Å². The van der Waals surface area contributed by atoms with Crippen molar-refractivity contribution >= 4 is 11.9 Å². The van der Waals surface area contributed by atoms with E-state index in [1.807, 2.05) is 6.92 Å². The van der Waals surface area contributed by atoms with E-state index in [2.05, 4.69) is 10.6 Å². The smallest absolute Gasteiger partial charge is 0.315 e. The first kappa shape index (κ1) is 14.3. The molecule has 0 radical (unpaired) electrons. The number of amides is 3. The molecule has 1 saturated heterocycles. The van der Waals surface area contributed by atoms with Gasteiger partial charge in [0.1, 0.15) is 5.82 Å². The highest BCUT2D eigenvalue weighted by molar-refractivity contribution is 5.94. The topological polar surface area (TPSA) is 61.4 Å². The van der Waals surface area contributed by atoms with Crippen molar-refractivity contribution < 1.29 is 14.0 Å². The Kier molecular flexibility index (Phi) is 4.55. The summed E-state index contributed by atoms with van der Waals surface area (Å²) < 4.78 is 12.8. The number of carbonyl (C=O) groups is 2. The van der Waals surface area contributed by atoms with Crippen molar-refractivity contribution in [2.45, 2.75) is 19.4 Å². The third-order valence-corrected chi connectivity index (χ3v) is 3.24. The highest BCUT2D eigenvalue weighted by Gasteiger charge is 2.27. The third kappa shape index (κ3) is 3.46. The van der Waals surface area contributed by atoms with Crippen molar-refractivity contribution in [2.75, 3.05) is 19.6 Å². The van der Waals surface area contributed by atoms with Gasteiger partial charge in [0.05, 0.1) is 0 Å². The second-order valence-corrected chi connectivity index (χ2v) is 4.75. The minimum Gasteiger partial charge on any atom is -0.338 e. The molecule has 1 aromatic carbocycles. The molecular formula is C14H18FN3O2. The molecule has 6 heteroatoms. The quantitative estimate of drug-likeness (QED) is 0.877. The van der Waals surface area contributed by atoms with Crippen molar-refractivity contribution in [3.05, 3.63) is 35.6 Å². The molecule has 0 unspecified atom stereocenters. The molecule has 1 aliphatic heterocycles. The molecule has 2 N–H and O–H groups in total. The molecule has 1 fully saturated rings. The van der Waals surface area contributed by atoms with Gasteiger partial charge in [0, 0.05) is 31.2 Å². The van der Waals surface area contributed by atoms with Crippen LogP contribution in [0.4, 0.5) is 9.18 Å². The predicted molar refractivity (Wildman–Crippen MR) is 72.9 cm³/mol. The lowest BCUT2D eigenvalue weighted by molar-refractivity contribution is 0.0789. The Morgan fingerprint density at radius 3 is 2.70 bits per heavy atom. The zero-order valence-electron chi connectivity index (χ0n) is 11.4. The van der Waals surface area contributed by atoms with Crippen LogP contribution >= 0.6 is 0 Å². The predicted octanol–water partition coefficient (Wildman–Crippen LogP) is 1.36. The first-order chi connectivity index (χ1) is 9.60. The monoisotopic (exact) mass is 279 g/mol. The lowest BCUT2D eigenvalue weighted by atomic mass is 10.2. The van der Waals surface area contributed by atoms with Gasteiger partial charge in [-0.05, 0) is 37.6 Å². The molecule has 20 heavy (non-hydrogen) atoms. The summed E-state index contributed by atoms with van der Waals surface area (Å²) in [5, 5.41) is 5.48. The number of nitrogens with one attached hydrogen (secondary N) is 2. The molecule has 1 heterocycles. The SMILES string of the molecule is CCNC(=O)N[C@@H]1CCN(C(=O)c2ccc(F)cc2)C1. The van der Waals surface area contributed by atoms with Crippen LogP contribution in [0.25, 0.3) is 0 Å². The van der Waals surface area contributed by atoms with Crippen LogP contribution in [0.5, 0.6) is 0 Å². The number of carbonyl (C=O) groups excluding carboxylic acids is 2. The van der Waals surface area contributed by atoms with Gasteiger partial charge in [0.2, 0.25) is 0 Å². The average molecular weight is 279 g/mol. The molecule has 0 spiro atoms. The van der Waals surface area contributed by atoms with Gasteiger partial charge in [-0.2, -0.15) is 0 Å². The molecule has 0 aliphatic carbocycles. The lowest BCUT2D eigenvalue weighted by Crippen LogP contribution is -2.43. The zero-order chi connectivity index (χ0) is 14.5. The summed E-state index contributed by atoms with van der Waals surface area (Å²) in [6.07, 6.45) is 0.726. The van der Waals surface area contributed by atoms with Gasteiger partial charge >= 0.3 is 6.03 Å². The Morgan fingerprint density at radius 1 is 1.35 bits per heavy atom. The second kappa shape index (κ2) is 6.36. The number of benzene rings is 1. The molecule has 2 rings (SSSR count). The fourth-order valence-corrected chi connectivity index (χ4v) is 2.23. The summed E-state index contributed by atoms with van der Waals surface area (Å²) in [6.45, 7) is 3.48. The van der Waals surface area contributed by atoms with Gasteiger partial charge in [-0.1, -0.05) is 0 Å². The van der Waals surface area contributed by atoms with Crippen LogP contribution in [0.3, 0.4) is 0 Å². The van der Waals surface area contributed by atoms with Gasteiger partial charge in [0.25, 0.3) is 5.91 Å².